The molecule has 0 aromatic carbocycles. The van der Waals surface area contributed by atoms with Crippen LogP contribution in [0.4, 0.5) is 0 Å². The predicted octanol–water partition coefficient (Wildman–Crippen LogP) is 3.85. The van der Waals surface area contributed by atoms with Gasteiger partial charge in [0.25, 0.3) is 0 Å². The lowest BCUT2D eigenvalue weighted by molar-refractivity contribution is 0.798. The van der Waals surface area contributed by atoms with E-state index in [4.69, 9.17) is 23.2 Å². The van der Waals surface area contributed by atoms with Crippen LogP contribution in [0.5, 0.6) is 0 Å². The van der Waals surface area contributed by atoms with Crippen LogP contribution in [0, 0.1) is 0 Å². The van der Waals surface area contributed by atoms with E-state index in [1.54, 1.807) is 0 Å². The smallest absolute Gasteiger partial charge is 0.116 e. The highest BCUT2D eigenvalue weighted by Gasteiger charge is 2.21. The molecule has 20 heavy (non-hydrogen) atoms. The van der Waals surface area contributed by atoms with Crippen molar-refractivity contribution in [3.05, 3.63) is 45.5 Å². The monoisotopic (exact) mass is 310 g/mol. The van der Waals surface area contributed by atoms with Gasteiger partial charge in [-0.25, -0.2) is 19.9 Å². The Balaban J connectivity index is 2.49. The van der Waals surface area contributed by atoms with E-state index >= 15 is 0 Å². The lowest BCUT2D eigenvalue weighted by Gasteiger charge is -2.15. The van der Waals surface area contributed by atoms with Gasteiger partial charge in [-0.3, -0.25) is 0 Å². The molecule has 0 N–H and O–H groups in total. The van der Waals surface area contributed by atoms with Gasteiger partial charge in [-0.05, 0) is 12.8 Å². The Hall–Kier alpha value is -1.26. The molecule has 0 amide bonds. The van der Waals surface area contributed by atoms with E-state index in [1.165, 1.54) is 12.7 Å². The van der Waals surface area contributed by atoms with Crippen molar-refractivity contribution in [1.29, 1.82) is 0 Å². The standard InChI is InChI=1S/C14H16Cl2N4/c1-4-9-11(15)13(19-6-17-9)8(3)14-12(16)10(5-2)18-7-20-14/h6-8H,4-5H2,1-3H3. The molecule has 2 rings (SSSR count). The molecule has 0 bridgehead atoms. The number of hydrogen-bond acceptors (Lipinski definition) is 4. The number of hydrogen-bond donors (Lipinski definition) is 0. The number of halogens is 2. The van der Waals surface area contributed by atoms with Gasteiger partial charge < -0.3 is 0 Å². The highest BCUT2D eigenvalue weighted by atomic mass is 35.5. The van der Waals surface area contributed by atoms with Crippen LogP contribution in [0.2, 0.25) is 10.0 Å². The molecular formula is C14H16Cl2N4. The highest BCUT2D eigenvalue weighted by molar-refractivity contribution is 6.32. The second-order valence-electron chi connectivity index (χ2n) is 4.47. The van der Waals surface area contributed by atoms with Gasteiger partial charge in [-0.1, -0.05) is 44.0 Å². The molecule has 2 aromatic rings. The Morgan fingerprint density at radius 1 is 0.850 bits per heavy atom. The first-order chi connectivity index (χ1) is 9.60. The Kier molecular flexibility index (Phi) is 4.89. The van der Waals surface area contributed by atoms with Crippen LogP contribution >= 0.6 is 23.2 Å². The summed E-state index contributed by atoms with van der Waals surface area (Å²) in [6.45, 7) is 6.01. The van der Waals surface area contributed by atoms with Crippen molar-refractivity contribution in [3.63, 3.8) is 0 Å². The van der Waals surface area contributed by atoms with Crippen LogP contribution in [0.1, 0.15) is 49.5 Å². The first-order valence-electron chi connectivity index (χ1n) is 6.58. The zero-order valence-electron chi connectivity index (χ0n) is 11.7. The van der Waals surface area contributed by atoms with E-state index in [1.807, 2.05) is 20.8 Å². The van der Waals surface area contributed by atoms with Gasteiger partial charge in [0.15, 0.2) is 0 Å². The molecule has 4 nitrogen and oxygen atoms in total. The normalized spacial score (nSPS) is 11.1. The van der Waals surface area contributed by atoms with Crippen LogP contribution in [0.3, 0.4) is 0 Å². The molecule has 0 aliphatic carbocycles. The van der Waals surface area contributed by atoms with Crippen LogP contribution in [-0.2, 0) is 12.8 Å². The molecule has 0 saturated carbocycles. The summed E-state index contributed by atoms with van der Waals surface area (Å²) in [5, 5.41) is 1.19. The first kappa shape index (κ1) is 15.1. The number of rotatable bonds is 4. The molecule has 0 radical (unpaired) electrons. The fraction of sp³-hybridized carbons (Fsp3) is 0.429. The van der Waals surface area contributed by atoms with Crippen molar-refractivity contribution in [3.8, 4) is 0 Å². The van der Waals surface area contributed by atoms with E-state index in [0.717, 1.165) is 35.6 Å². The lowest BCUT2D eigenvalue weighted by Crippen LogP contribution is -2.08. The molecule has 0 aliphatic heterocycles. The highest BCUT2D eigenvalue weighted by Crippen LogP contribution is 2.33. The van der Waals surface area contributed by atoms with Gasteiger partial charge in [0.1, 0.15) is 12.7 Å². The van der Waals surface area contributed by atoms with Crippen molar-refractivity contribution < 1.29 is 0 Å². The fourth-order valence-corrected chi connectivity index (χ4v) is 2.86. The van der Waals surface area contributed by atoms with Gasteiger partial charge in [0.05, 0.1) is 32.8 Å². The quantitative estimate of drug-likeness (QED) is 0.860. The Morgan fingerprint density at radius 3 is 1.60 bits per heavy atom. The minimum Gasteiger partial charge on any atom is -0.240 e. The molecule has 0 atom stereocenters. The molecule has 0 fully saturated rings. The summed E-state index contributed by atoms with van der Waals surface area (Å²) in [6, 6.07) is 0. The van der Waals surface area contributed by atoms with Gasteiger partial charge in [0.2, 0.25) is 0 Å². The molecular weight excluding hydrogens is 295 g/mol. The Bertz CT molecular complexity index is 563. The molecule has 0 aliphatic rings. The first-order valence-corrected chi connectivity index (χ1v) is 7.34. The van der Waals surface area contributed by atoms with E-state index in [-0.39, 0.29) is 5.92 Å². The average molecular weight is 311 g/mol. The van der Waals surface area contributed by atoms with E-state index in [2.05, 4.69) is 19.9 Å². The molecule has 2 heterocycles. The van der Waals surface area contributed by atoms with Crippen molar-refractivity contribution >= 4 is 23.2 Å². The third-order valence-corrected chi connectivity index (χ3v) is 4.09. The summed E-state index contributed by atoms with van der Waals surface area (Å²) in [4.78, 5) is 17.0. The van der Waals surface area contributed by atoms with Crippen LogP contribution in [0.15, 0.2) is 12.7 Å². The third-order valence-electron chi connectivity index (χ3n) is 3.27. The fourth-order valence-electron chi connectivity index (χ4n) is 2.07. The number of aryl methyl sites for hydroxylation is 2. The average Bonchev–Trinajstić information content (AvgIpc) is 2.47. The van der Waals surface area contributed by atoms with Crippen molar-refractivity contribution in [2.45, 2.75) is 39.5 Å². The maximum atomic E-state index is 6.37. The van der Waals surface area contributed by atoms with Gasteiger partial charge in [0, 0.05) is 5.92 Å². The second kappa shape index (κ2) is 6.46. The third kappa shape index (κ3) is 2.76. The van der Waals surface area contributed by atoms with Crippen molar-refractivity contribution in [2.24, 2.45) is 0 Å². The summed E-state index contributed by atoms with van der Waals surface area (Å²) in [5.74, 6) is -0.100. The molecule has 2 aromatic heterocycles. The summed E-state index contributed by atoms with van der Waals surface area (Å²) in [7, 11) is 0. The Morgan fingerprint density at radius 2 is 1.25 bits per heavy atom. The van der Waals surface area contributed by atoms with Crippen molar-refractivity contribution in [2.75, 3.05) is 0 Å². The van der Waals surface area contributed by atoms with Crippen LogP contribution < -0.4 is 0 Å². The van der Waals surface area contributed by atoms with E-state index in [0.29, 0.717) is 10.0 Å². The van der Waals surface area contributed by atoms with Crippen LogP contribution in [0.25, 0.3) is 0 Å². The minimum absolute atomic E-state index is 0.100. The molecule has 6 heteroatoms. The SMILES string of the molecule is CCc1ncnc(C(C)c2ncnc(CC)c2Cl)c1Cl. The van der Waals surface area contributed by atoms with Gasteiger partial charge in [-0.15, -0.1) is 0 Å². The van der Waals surface area contributed by atoms with E-state index < -0.39 is 0 Å². The molecule has 0 saturated heterocycles. The number of nitrogens with zero attached hydrogens (tertiary/aromatic N) is 4. The largest absolute Gasteiger partial charge is 0.240 e. The Labute approximate surface area is 128 Å². The van der Waals surface area contributed by atoms with E-state index in [9.17, 15) is 0 Å². The van der Waals surface area contributed by atoms with Crippen molar-refractivity contribution in [1.82, 2.24) is 19.9 Å². The summed E-state index contributed by atoms with van der Waals surface area (Å²) in [5.41, 5.74) is 3.18. The molecule has 106 valence electrons. The van der Waals surface area contributed by atoms with Gasteiger partial charge >= 0.3 is 0 Å². The maximum absolute atomic E-state index is 6.37. The maximum Gasteiger partial charge on any atom is 0.116 e. The van der Waals surface area contributed by atoms with Crippen LogP contribution in [-0.4, -0.2) is 19.9 Å². The summed E-state index contributed by atoms with van der Waals surface area (Å²) >= 11 is 12.7. The zero-order valence-corrected chi connectivity index (χ0v) is 13.2. The lowest BCUT2D eigenvalue weighted by atomic mass is 10.0. The topological polar surface area (TPSA) is 51.6 Å². The zero-order chi connectivity index (χ0) is 14.7. The predicted molar refractivity (Wildman–Crippen MR) is 80.4 cm³/mol. The second-order valence-corrected chi connectivity index (χ2v) is 5.22. The molecule has 0 spiro atoms. The number of aromatic nitrogens is 4. The van der Waals surface area contributed by atoms with Gasteiger partial charge in [-0.2, -0.15) is 0 Å². The minimum atomic E-state index is -0.100. The molecule has 0 unspecified atom stereocenters. The summed E-state index contributed by atoms with van der Waals surface area (Å²) < 4.78 is 0. The summed E-state index contributed by atoms with van der Waals surface area (Å²) in [6.07, 6.45) is 4.59.